The number of rotatable bonds is 6. The third kappa shape index (κ3) is 3.75. The van der Waals surface area contributed by atoms with Crippen molar-refractivity contribution in [2.45, 2.75) is 40.2 Å². The molecule has 3 aromatic rings. The molecule has 2 aromatic heterocycles. The van der Waals surface area contributed by atoms with E-state index in [-0.39, 0.29) is 12.0 Å². The Labute approximate surface area is 155 Å². The lowest BCUT2D eigenvalue weighted by molar-refractivity contribution is 0.114. The number of para-hydroxylation sites is 1. The van der Waals surface area contributed by atoms with Crippen LogP contribution in [0.3, 0.4) is 0 Å². The van der Waals surface area contributed by atoms with Crippen molar-refractivity contribution in [1.29, 1.82) is 0 Å². The Morgan fingerprint density at radius 3 is 2.65 bits per heavy atom. The third-order valence-corrected chi connectivity index (χ3v) is 4.80. The van der Waals surface area contributed by atoms with Crippen LogP contribution in [0.5, 0.6) is 0 Å². The zero-order valence-electron chi connectivity index (χ0n) is 16.2. The van der Waals surface area contributed by atoms with E-state index in [1.165, 1.54) is 0 Å². The molecule has 0 aliphatic rings. The van der Waals surface area contributed by atoms with Crippen LogP contribution < -0.4 is 4.90 Å². The maximum atomic E-state index is 10.3. The Morgan fingerprint density at radius 1 is 1.15 bits per heavy atom. The highest BCUT2D eigenvalue weighted by molar-refractivity contribution is 6.07. The minimum atomic E-state index is -0.325. The predicted octanol–water partition coefficient (Wildman–Crippen LogP) is 5.28. The zero-order chi connectivity index (χ0) is 18.8. The molecule has 0 spiro atoms. The summed E-state index contributed by atoms with van der Waals surface area (Å²) in [5.74, 6) is 0.581. The van der Waals surface area contributed by atoms with Crippen molar-refractivity contribution in [3.8, 4) is 0 Å². The summed E-state index contributed by atoms with van der Waals surface area (Å²) in [4.78, 5) is 6.54. The van der Waals surface area contributed by atoms with Crippen LogP contribution in [0.4, 0.5) is 5.69 Å². The molecule has 26 heavy (non-hydrogen) atoms. The molecule has 138 valence electrons. The van der Waals surface area contributed by atoms with E-state index in [2.05, 4.69) is 37.0 Å². The molecule has 0 amide bonds. The van der Waals surface area contributed by atoms with Crippen molar-refractivity contribution in [2.75, 3.05) is 11.9 Å². The van der Waals surface area contributed by atoms with Crippen molar-refractivity contribution in [3.05, 3.63) is 48.3 Å². The molecule has 1 aromatic carbocycles. The van der Waals surface area contributed by atoms with Crippen molar-refractivity contribution < 1.29 is 9.52 Å². The summed E-state index contributed by atoms with van der Waals surface area (Å²) in [6, 6.07) is 10.2. The van der Waals surface area contributed by atoms with Crippen LogP contribution in [0.15, 0.2) is 47.0 Å². The normalized spacial score (nSPS) is 14.6. The molecule has 2 atom stereocenters. The first-order valence-electron chi connectivity index (χ1n) is 9.25. The second kappa shape index (κ2) is 7.50. The molecule has 4 nitrogen and oxygen atoms in total. The summed E-state index contributed by atoms with van der Waals surface area (Å²) in [7, 11) is 2.00. The van der Waals surface area contributed by atoms with Crippen molar-refractivity contribution in [1.82, 2.24) is 4.98 Å². The molecule has 3 rings (SSSR count). The highest BCUT2D eigenvalue weighted by Gasteiger charge is 2.15. The molecular formula is C22H28N2O2. The molecule has 1 N–H and O–H groups in total. The standard InChI is InChI=1S/C22H28N2O2/c1-14(2)13-20(25)15(3)11-12-24(5)19-8-6-7-17-18-10-9-16(4)23-22(18)26-21(17)19/h6-12,14-15,20,25H,13H2,1-5H3/b12-11-. The lowest BCUT2D eigenvalue weighted by Crippen LogP contribution is -2.19. The molecule has 0 aliphatic carbocycles. The average molecular weight is 352 g/mol. The highest BCUT2D eigenvalue weighted by Crippen LogP contribution is 2.34. The minimum Gasteiger partial charge on any atom is -0.435 e. The fourth-order valence-corrected chi connectivity index (χ4v) is 3.21. The predicted molar refractivity (Wildman–Crippen MR) is 108 cm³/mol. The number of benzene rings is 1. The Kier molecular flexibility index (Phi) is 5.33. The Hall–Kier alpha value is -2.33. The number of anilines is 1. The number of fused-ring (bicyclic) bond motifs is 3. The van der Waals surface area contributed by atoms with Gasteiger partial charge >= 0.3 is 0 Å². The summed E-state index contributed by atoms with van der Waals surface area (Å²) < 4.78 is 6.06. The number of nitrogens with zero attached hydrogens (tertiary/aromatic N) is 2. The van der Waals surface area contributed by atoms with Crippen LogP contribution in [0, 0.1) is 18.8 Å². The van der Waals surface area contributed by atoms with E-state index in [9.17, 15) is 5.11 Å². The zero-order valence-corrected chi connectivity index (χ0v) is 16.2. The number of furan rings is 1. The lowest BCUT2D eigenvalue weighted by Gasteiger charge is -2.19. The SMILES string of the molecule is Cc1ccc2c(n1)oc1c(N(C)/C=C\C(C)C(O)CC(C)C)cccc12. The molecule has 0 radical (unpaired) electrons. The van der Waals surface area contributed by atoms with Gasteiger partial charge in [-0.05, 0) is 37.5 Å². The van der Waals surface area contributed by atoms with E-state index in [0.717, 1.165) is 34.2 Å². The second-order valence-electron chi connectivity index (χ2n) is 7.57. The van der Waals surface area contributed by atoms with Gasteiger partial charge in [0.1, 0.15) is 0 Å². The van der Waals surface area contributed by atoms with E-state index in [1.807, 2.05) is 50.2 Å². The second-order valence-corrected chi connectivity index (χ2v) is 7.57. The van der Waals surface area contributed by atoms with Crippen molar-refractivity contribution in [3.63, 3.8) is 0 Å². The average Bonchev–Trinajstić information content (AvgIpc) is 2.95. The first-order chi connectivity index (χ1) is 12.4. The number of aliphatic hydroxyl groups is 1. The van der Waals surface area contributed by atoms with Gasteiger partial charge in [-0.3, -0.25) is 0 Å². The fourth-order valence-electron chi connectivity index (χ4n) is 3.21. The number of pyridine rings is 1. The summed E-state index contributed by atoms with van der Waals surface area (Å²) in [6.07, 6.45) is 4.54. The van der Waals surface area contributed by atoms with Gasteiger partial charge in [-0.25, -0.2) is 4.98 Å². The molecule has 0 saturated heterocycles. The van der Waals surface area contributed by atoms with Crippen LogP contribution >= 0.6 is 0 Å². The third-order valence-electron chi connectivity index (χ3n) is 4.80. The van der Waals surface area contributed by atoms with Crippen LogP contribution in [0.25, 0.3) is 22.1 Å². The number of aliphatic hydroxyl groups excluding tert-OH is 1. The number of aryl methyl sites for hydroxylation is 1. The first-order valence-corrected chi connectivity index (χ1v) is 9.25. The van der Waals surface area contributed by atoms with E-state index >= 15 is 0 Å². The Balaban J connectivity index is 1.90. The molecule has 2 heterocycles. The molecule has 0 aliphatic heterocycles. The first kappa shape index (κ1) is 18.5. The topological polar surface area (TPSA) is 49.5 Å². The molecule has 0 fully saturated rings. The highest BCUT2D eigenvalue weighted by atomic mass is 16.3. The molecule has 0 saturated carbocycles. The number of hydrogen-bond acceptors (Lipinski definition) is 4. The monoisotopic (exact) mass is 352 g/mol. The van der Waals surface area contributed by atoms with E-state index < -0.39 is 0 Å². The maximum Gasteiger partial charge on any atom is 0.227 e. The van der Waals surface area contributed by atoms with Gasteiger partial charge in [0.15, 0.2) is 5.58 Å². The van der Waals surface area contributed by atoms with Gasteiger partial charge in [-0.15, -0.1) is 0 Å². The summed E-state index contributed by atoms with van der Waals surface area (Å²) in [5, 5.41) is 12.4. The summed E-state index contributed by atoms with van der Waals surface area (Å²) in [5.41, 5.74) is 3.44. The van der Waals surface area contributed by atoms with Crippen LogP contribution in [0.2, 0.25) is 0 Å². The van der Waals surface area contributed by atoms with Crippen molar-refractivity contribution in [2.24, 2.45) is 11.8 Å². The number of aromatic nitrogens is 1. The van der Waals surface area contributed by atoms with Gasteiger partial charge in [-0.2, -0.15) is 0 Å². The van der Waals surface area contributed by atoms with Gasteiger partial charge in [0.2, 0.25) is 5.71 Å². The lowest BCUT2D eigenvalue weighted by atomic mass is 9.96. The Morgan fingerprint density at radius 2 is 1.92 bits per heavy atom. The van der Waals surface area contributed by atoms with Gasteiger partial charge in [-0.1, -0.05) is 39.0 Å². The van der Waals surface area contributed by atoms with Crippen LogP contribution in [-0.2, 0) is 0 Å². The van der Waals surface area contributed by atoms with Crippen LogP contribution in [-0.4, -0.2) is 23.2 Å². The van der Waals surface area contributed by atoms with Gasteiger partial charge in [0, 0.05) is 35.6 Å². The minimum absolute atomic E-state index is 0.0963. The summed E-state index contributed by atoms with van der Waals surface area (Å²) in [6.45, 7) is 8.27. The summed E-state index contributed by atoms with van der Waals surface area (Å²) >= 11 is 0. The molecule has 4 heteroatoms. The van der Waals surface area contributed by atoms with E-state index in [0.29, 0.717) is 11.6 Å². The quantitative estimate of drug-likeness (QED) is 0.655. The number of hydrogen-bond donors (Lipinski definition) is 1. The van der Waals surface area contributed by atoms with E-state index in [1.54, 1.807) is 0 Å². The van der Waals surface area contributed by atoms with Crippen LogP contribution in [0.1, 0.15) is 32.9 Å². The molecular weight excluding hydrogens is 324 g/mol. The fraction of sp³-hybridized carbons (Fsp3) is 0.409. The largest absolute Gasteiger partial charge is 0.435 e. The molecule has 2 unspecified atom stereocenters. The van der Waals surface area contributed by atoms with E-state index in [4.69, 9.17) is 4.42 Å². The van der Waals surface area contributed by atoms with Crippen molar-refractivity contribution >= 4 is 27.8 Å². The van der Waals surface area contributed by atoms with Gasteiger partial charge < -0.3 is 14.4 Å². The Bertz CT molecular complexity index is 926. The smallest absolute Gasteiger partial charge is 0.227 e. The van der Waals surface area contributed by atoms with Gasteiger partial charge in [0.05, 0.1) is 11.8 Å². The maximum absolute atomic E-state index is 10.3. The molecule has 0 bridgehead atoms. The van der Waals surface area contributed by atoms with Gasteiger partial charge in [0.25, 0.3) is 0 Å².